The summed E-state index contributed by atoms with van der Waals surface area (Å²) in [6.07, 6.45) is 1.69. The van der Waals surface area contributed by atoms with Gasteiger partial charge in [-0.1, -0.05) is 12.1 Å². The molecule has 0 aliphatic rings. The molecule has 5 aromatic rings. The van der Waals surface area contributed by atoms with E-state index >= 15 is 0 Å². The molecule has 8 nitrogen and oxygen atoms in total. The lowest BCUT2D eigenvalue weighted by molar-refractivity contribution is 0.102. The van der Waals surface area contributed by atoms with Gasteiger partial charge in [0.15, 0.2) is 5.65 Å². The number of carbonyl (C=O) groups is 1. The largest absolute Gasteiger partial charge is 0.466 e. The number of fused-ring (bicyclic) bond motifs is 2. The lowest BCUT2D eigenvalue weighted by Crippen LogP contribution is -2.14. The van der Waals surface area contributed by atoms with Crippen molar-refractivity contribution < 1.29 is 9.21 Å². The van der Waals surface area contributed by atoms with Crippen molar-refractivity contribution in [3.05, 3.63) is 59.7 Å². The zero-order chi connectivity index (χ0) is 21.7. The number of anilines is 1. The summed E-state index contributed by atoms with van der Waals surface area (Å²) in [4.78, 5) is 25.7. The molecule has 0 radical (unpaired) electrons. The molecule has 0 spiro atoms. The predicted octanol–water partition coefficient (Wildman–Crippen LogP) is 5.02. The highest BCUT2D eigenvalue weighted by Crippen LogP contribution is 2.30. The second-order valence-corrected chi connectivity index (χ2v) is 7.86. The fourth-order valence-electron chi connectivity index (χ4n) is 3.79. The number of para-hydroxylation sites is 2. The van der Waals surface area contributed by atoms with Crippen molar-refractivity contribution in [2.75, 3.05) is 5.32 Å². The first kappa shape index (κ1) is 19.0. The molecule has 0 atom stereocenters. The van der Waals surface area contributed by atoms with Gasteiger partial charge in [0.1, 0.15) is 11.5 Å². The number of nitrogens with one attached hydrogen (secondary N) is 2. The third kappa shape index (κ3) is 3.26. The van der Waals surface area contributed by atoms with Gasteiger partial charge in [-0.05, 0) is 52.0 Å². The average Bonchev–Trinajstić information content (AvgIpc) is 3.42. The van der Waals surface area contributed by atoms with Gasteiger partial charge in [0, 0.05) is 11.6 Å². The van der Waals surface area contributed by atoms with Crippen LogP contribution in [0.4, 0.5) is 5.95 Å². The summed E-state index contributed by atoms with van der Waals surface area (Å²) >= 11 is 0. The smallest absolute Gasteiger partial charge is 0.258 e. The lowest BCUT2D eigenvalue weighted by Gasteiger charge is -2.10. The molecular weight excluding hydrogens is 392 g/mol. The van der Waals surface area contributed by atoms with Crippen molar-refractivity contribution in [3.63, 3.8) is 0 Å². The topological polar surface area (TPSA) is 102 Å². The van der Waals surface area contributed by atoms with Crippen LogP contribution in [0.5, 0.6) is 0 Å². The molecule has 5 rings (SSSR count). The number of carbonyl (C=O) groups excluding carboxylic acids is 1. The minimum absolute atomic E-state index is 0.0960. The van der Waals surface area contributed by atoms with Crippen molar-refractivity contribution >= 4 is 33.9 Å². The van der Waals surface area contributed by atoms with Crippen LogP contribution in [-0.2, 0) is 0 Å². The number of pyridine rings is 1. The number of furan rings is 1. The molecule has 1 amide bonds. The summed E-state index contributed by atoms with van der Waals surface area (Å²) in [5.41, 5.74) is 4.30. The standard InChI is InChI=1S/C23H22N6O2/c1-12(2)29-21-17(11-24-29)16(10-20(25-21)15-9-13(3)31-14(15)4)22(30)28-23-26-18-7-5-6-8-19(18)27-23/h5-12H,1-4H3,(H2,26,27,28,30). The number of nitrogens with zero attached hydrogens (tertiary/aromatic N) is 4. The van der Waals surface area contributed by atoms with E-state index in [-0.39, 0.29) is 11.9 Å². The van der Waals surface area contributed by atoms with E-state index in [1.165, 1.54) is 0 Å². The van der Waals surface area contributed by atoms with Gasteiger partial charge in [-0.25, -0.2) is 14.6 Å². The zero-order valence-electron chi connectivity index (χ0n) is 17.7. The van der Waals surface area contributed by atoms with E-state index in [0.717, 1.165) is 28.1 Å². The maximum atomic E-state index is 13.3. The molecule has 8 heteroatoms. The molecule has 156 valence electrons. The first-order valence-corrected chi connectivity index (χ1v) is 10.1. The van der Waals surface area contributed by atoms with Gasteiger partial charge in [-0.15, -0.1) is 0 Å². The Bertz CT molecular complexity index is 1410. The Hall–Kier alpha value is -3.94. The first-order chi connectivity index (χ1) is 14.9. The molecule has 2 N–H and O–H groups in total. The van der Waals surface area contributed by atoms with Crippen LogP contribution in [0.15, 0.2) is 47.0 Å². The molecule has 0 saturated carbocycles. The van der Waals surface area contributed by atoms with Gasteiger partial charge in [0.05, 0.1) is 33.9 Å². The van der Waals surface area contributed by atoms with E-state index in [1.807, 2.05) is 62.7 Å². The van der Waals surface area contributed by atoms with Crippen LogP contribution in [0.1, 0.15) is 41.8 Å². The van der Waals surface area contributed by atoms with Crippen LogP contribution in [0.3, 0.4) is 0 Å². The van der Waals surface area contributed by atoms with Crippen LogP contribution in [-0.4, -0.2) is 30.6 Å². The summed E-state index contributed by atoms with van der Waals surface area (Å²) in [5, 5.41) is 8.04. The third-order valence-electron chi connectivity index (χ3n) is 5.24. The van der Waals surface area contributed by atoms with E-state index in [0.29, 0.717) is 28.2 Å². The number of aryl methyl sites for hydroxylation is 2. The molecule has 0 unspecified atom stereocenters. The minimum Gasteiger partial charge on any atom is -0.466 e. The van der Waals surface area contributed by atoms with Crippen LogP contribution in [0, 0.1) is 13.8 Å². The lowest BCUT2D eigenvalue weighted by atomic mass is 10.1. The molecule has 1 aromatic carbocycles. The van der Waals surface area contributed by atoms with E-state index in [1.54, 1.807) is 12.3 Å². The molecule has 0 bridgehead atoms. The van der Waals surface area contributed by atoms with Crippen LogP contribution < -0.4 is 5.32 Å². The van der Waals surface area contributed by atoms with Crippen molar-refractivity contribution in [3.8, 4) is 11.3 Å². The van der Waals surface area contributed by atoms with Gasteiger partial charge in [-0.2, -0.15) is 5.10 Å². The number of benzene rings is 1. The number of H-pyrrole nitrogens is 1. The molecular formula is C23H22N6O2. The first-order valence-electron chi connectivity index (χ1n) is 10.1. The Kier molecular flexibility index (Phi) is 4.35. The number of amides is 1. The van der Waals surface area contributed by atoms with Gasteiger partial charge >= 0.3 is 0 Å². The highest BCUT2D eigenvalue weighted by molar-refractivity contribution is 6.12. The average molecular weight is 414 g/mol. The van der Waals surface area contributed by atoms with E-state index < -0.39 is 0 Å². The zero-order valence-corrected chi connectivity index (χ0v) is 17.7. The molecule has 4 aromatic heterocycles. The summed E-state index contributed by atoms with van der Waals surface area (Å²) in [5.74, 6) is 1.65. The van der Waals surface area contributed by atoms with Gasteiger partial charge in [-0.3, -0.25) is 10.1 Å². The fourth-order valence-corrected chi connectivity index (χ4v) is 3.79. The van der Waals surface area contributed by atoms with Crippen molar-refractivity contribution in [1.82, 2.24) is 24.7 Å². The highest BCUT2D eigenvalue weighted by Gasteiger charge is 2.21. The fraction of sp³-hybridized carbons (Fsp3) is 0.217. The van der Waals surface area contributed by atoms with Gasteiger partial charge in [0.2, 0.25) is 5.95 Å². The minimum atomic E-state index is -0.283. The summed E-state index contributed by atoms with van der Waals surface area (Å²) in [6.45, 7) is 7.84. The molecule has 0 aliphatic carbocycles. The molecule has 31 heavy (non-hydrogen) atoms. The molecule has 0 fully saturated rings. The summed E-state index contributed by atoms with van der Waals surface area (Å²) in [6, 6.07) is 11.4. The van der Waals surface area contributed by atoms with Crippen LogP contribution in [0.25, 0.3) is 33.3 Å². The molecule has 0 aliphatic heterocycles. The number of hydrogen-bond acceptors (Lipinski definition) is 5. The molecule has 0 saturated heterocycles. The summed E-state index contributed by atoms with van der Waals surface area (Å²) < 4.78 is 7.51. The number of hydrogen-bond donors (Lipinski definition) is 2. The maximum absolute atomic E-state index is 13.3. The predicted molar refractivity (Wildman–Crippen MR) is 119 cm³/mol. The second-order valence-electron chi connectivity index (χ2n) is 7.86. The van der Waals surface area contributed by atoms with Gasteiger partial charge < -0.3 is 9.40 Å². The van der Waals surface area contributed by atoms with Crippen molar-refractivity contribution in [2.45, 2.75) is 33.7 Å². The van der Waals surface area contributed by atoms with Crippen LogP contribution in [0.2, 0.25) is 0 Å². The monoisotopic (exact) mass is 414 g/mol. The van der Waals surface area contributed by atoms with E-state index in [9.17, 15) is 4.79 Å². The Balaban J connectivity index is 1.63. The second kappa shape index (κ2) is 7.09. The number of aromatic nitrogens is 5. The Morgan fingerprint density at radius 3 is 2.68 bits per heavy atom. The number of imidazole rings is 1. The van der Waals surface area contributed by atoms with E-state index in [2.05, 4.69) is 20.4 Å². The van der Waals surface area contributed by atoms with Crippen molar-refractivity contribution in [1.29, 1.82) is 0 Å². The van der Waals surface area contributed by atoms with Crippen molar-refractivity contribution in [2.24, 2.45) is 0 Å². The molecule has 4 heterocycles. The Labute approximate surface area is 178 Å². The quantitative estimate of drug-likeness (QED) is 0.430. The maximum Gasteiger partial charge on any atom is 0.258 e. The normalized spacial score (nSPS) is 11.6. The summed E-state index contributed by atoms with van der Waals surface area (Å²) in [7, 11) is 0. The van der Waals surface area contributed by atoms with Crippen LogP contribution >= 0.6 is 0 Å². The Morgan fingerprint density at radius 2 is 1.97 bits per heavy atom. The Morgan fingerprint density at radius 1 is 1.16 bits per heavy atom. The van der Waals surface area contributed by atoms with Gasteiger partial charge in [0.25, 0.3) is 5.91 Å². The number of rotatable bonds is 4. The highest BCUT2D eigenvalue weighted by atomic mass is 16.3. The van der Waals surface area contributed by atoms with E-state index in [4.69, 9.17) is 9.40 Å². The number of aromatic amines is 1. The third-order valence-corrected chi connectivity index (χ3v) is 5.24. The SMILES string of the molecule is Cc1cc(-c2cc(C(=O)Nc3nc4ccccc4[nH]3)c3cnn(C(C)C)c3n2)c(C)o1.